The monoisotopic (exact) mass is 314 g/mol. The molecule has 20 heavy (non-hydrogen) atoms. The summed E-state index contributed by atoms with van der Waals surface area (Å²) in [5.74, 6) is 0. The number of hydrogen-bond acceptors (Lipinski definition) is 2. The van der Waals surface area contributed by atoms with Gasteiger partial charge in [-0.25, -0.2) is 0 Å². The van der Waals surface area contributed by atoms with E-state index in [4.69, 9.17) is 23.2 Å². The van der Waals surface area contributed by atoms with Gasteiger partial charge in [0.2, 0.25) is 0 Å². The second-order valence-electron chi connectivity index (χ2n) is 5.63. The van der Waals surface area contributed by atoms with Crippen molar-refractivity contribution in [2.24, 2.45) is 0 Å². The van der Waals surface area contributed by atoms with Gasteiger partial charge in [-0.15, -0.1) is 0 Å². The lowest BCUT2D eigenvalue weighted by Gasteiger charge is -2.48. The summed E-state index contributed by atoms with van der Waals surface area (Å²) in [5, 5.41) is 5.06. The predicted molar refractivity (Wildman–Crippen MR) is 89.2 cm³/mol. The van der Waals surface area contributed by atoms with E-state index in [2.05, 4.69) is 37.1 Å². The molecule has 0 aromatic heterocycles. The van der Waals surface area contributed by atoms with Gasteiger partial charge in [-0.1, -0.05) is 50.0 Å². The Kier molecular flexibility index (Phi) is 5.22. The first-order valence-electron chi connectivity index (χ1n) is 7.52. The minimum absolute atomic E-state index is 0.178. The molecule has 2 rings (SSSR count). The zero-order valence-corrected chi connectivity index (χ0v) is 14.1. The lowest BCUT2D eigenvalue weighted by atomic mass is 9.87. The number of benzene rings is 1. The van der Waals surface area contributed by atoms with Gasteiger partial charge < -0.3 is 10.2 Å². The summed E-state index contributed by atoms with van der Waals surface area (Å²) in [6.07, 6.45) is 3.34. The second-order valence-corrected chi connectivity index (χ2v) is 6.42. The van der Waals surface area contributed by atoms with Crippen LogP contribution in [0.25, 0.3) is 0 Å². The van der Waals surface area contributed by atoms with E-state index in [-0.39, 0.29) is 5.54 Å². The molecular formula is C16H24Cl2N2. The highest BCUT2D eigenvalue weighted by molar-refractivity contribution is 6.43. The van der Waals surface area contributed by atoms with E-state index in [0.717, 1.165) is 38.0 Å². The molecule has 0 bridgehead atoms. The highest BCUT2D eigenvalue weighted by atomic mass is 35.5. The topological polar surface area (TPSA) is 15.3 Å². The van der Waals surface area contributed by atoms with Gasteiger partial charge in [0, 0.05) is 24.7 Å². The molecule has 1 atom stereocenters. The number of hydrogen-bond donors (Lipinski definition) is 1. The Bertz CT molecular complexity index is 458. The second kappa shape index (κ2) is 6.55. The van der Waals surface area contributed by atoms with Gasteiger partial charge in [-0.05, 0) is 31.4 Å². The number of nitrogens with zero attached hydrogens (tertiary/aromatic N) is 1. The number of anilines is 1. The molecule has 0 radical (unpaired) electrons. The Morgan fingerprint density at radius 1 is 1.25 bits per heavy atom. The zero-order valence-electron chi connectivity index (χ0n) is 12.5. The normalized spacial score (nSPS) is 22.1. The molecule has 1 aromatic carbocycles. The van der Waals surface area contributed by atoms with Crippen LogP contribution >= 0.6 is 23.2 Å². The van der Waals surface area contributed by atoms with Crippen molar-refractivity contribution in [3.8, 4) is 0 Å². The standard InChI is InChI=1S/C16H24Cl2N2/c1-4-12-10-19-16(5-2,6-3)11-20(12)14-9-7-8-13(17)15(14)18/h7-9,12,19H,4-6,10-11H2,1-3H3. The molecule has 1 N–H and O–H groups in total. The van der Waals surface area contributed by atoms with Gasteiger partial charge in [0.05, 0.1) is 15.7 Å². The minimum atomic E-state index is 0.178. The van der Waals surface area contributed by atoms with Crippen molar-refractivity contribution in [2.45, 2.75) is 51.6 Å². The van der Waals surface area contributed by atoms with Crippen molar-refractivity contribution in [1.82, 2.24) is 5.32 Å². The molecule has 1 fully saturated rings. The molecule has 0 saturated carbocycles. The molecular weight excluding hydrogens is 291 g/mol. The first-order valence-corrected chi connectivity index (χ1v) is 8.28. The summed E-state index contributed by atoms with van der Waals surface area (Å²) in [6.45, 7) is 8.71. The Morgan fingerprint density at radius 3 is 2.55 bits per heavy atom. The van der Waals surface area contributed by atoms with Crippen LogP contribution in [0.5, 0.6) is 0 Å². The van der Waals surface area contributed by atoms with Crippen molar-refractivity contribution in [2.75, 3.05) is 18.0 Å². The molecule has 0 amide bonds. The van der Waals surface area contributed by atoms with E-state index >= 15 is 0 Å². The first-order chi connectivity index (χ1) is 9.56. The minimum Gasteiger partial charge on any atom is -0.364 e. The summed E-state index contributed by atoms with van der Waals surface area (Å²) in [6, 6.07) is 6.39. The van der Waals surface area contributed by atoms with E-state index in [1.165, 1.54) is 0 Å². The van der Waals surface area contributed by atoms with Crippen LogP contribution in [0.3, 0.4) is 0 Å². The van der Waals surface area contributed by atoms with Crippen LogP contribution in [-0.4, -0.2) is 24.7 Å². The largest absolute Gasteiger partial charge is 0.364 e. The lowest BCUT2D eigenvalue weighted by Crippen LogP contribution is -2.64. The molecule has 1 heterocycles. The molecule has 2 nitrogen and oxygen atoms in total. The van der Waals surface area contributed by atoms with Gasteiger partial charge in [0.15, 0.2) is 0 Å². The Morgan fingerprint density at radius 2 is 1.95 bits per heavy atom. The van der Waals surface area contributed by atoms with Crippen LogP contribution in [0.15, 0.2) is 18.2 Å². The van der Waals surface area contributed by atoms with Crippen LogP contribution in [0, 0.1) is 0 Å². The Balaban J connectivity index is 2.36. The van der Waals surface area contributed by atoms with Crippen molar-refractivity contribution in [3.63, 3.8) is 0 Å². The molecule has 112 valence electrons. The summed E-state index contributed by atoms with van der Waals surface area (Å²) in [7, 11) is 0. The summed E-state index contributed by atoms with van der Waals surface area (Å²) in [5.41, 5.74) is 1.25. The molecule has 0 aliphatic carbocycles. The van der Waals surface area contributed by atoms with Crippen LogP contribution < -0.4 is 10.2 Å². The molecule has 1 aromatic rings. The van der Waals surface area contributed by atoms with Crippen LogP contribution in [0.1, 0.15) is 40.0 Å². The summed E-state index contributed by atoms with van der Waals surface area (Å²) < 4.78 is 0. The Labute approximate surface area is 132 Å². The van der Waals surface area contributed by atoms with Gasteiger partial charge in [-0.2, -0.15) is 0 Å². The third-order valence-corrected chi connectivity index (χ3v) is 5.50. The fourth-order valence-electron chi connectivity index (χ4n) is 3.04. The average Bonchev–Trinajstić information content (AvgIpc) is 2.49. The molecule has 1 saturated heterocycles. The highest BCUT2D eigenvalue weighted by Crippen LogP contribution is 2.36. The third kappa shape index (κ3) is 2.93. The van der Waals surface area contributed by atoms with Crippen molar-refractivity contribution in [3.05, 3.63) is 28.2 Å². The fraction of sp³-hybridized carbons (Fsp3) is 0.625. The maximum atomic E-state index is 6.43. The fourth-order valence-corrected chi connectivity index (χ4v) is 3.44. The molecule has 1 unspecified atom stereocenters. The predicted octanol–water partition coefficient (Wildman–Crippen LogP) is 4.74. The molecule has 1 aliphatic rings. The summed E-state index contributed by atoms with van der Waals surface area (Å²) in [4.78, 5) is 2.44. The maximum absolute atomic E-state index is 6.43. The maximum Gasteiger partial charge on any atom is 0.0825 e. The highest BCUT2D eigenvalue weighted by Gasteiger charge is 2.36. The van der Waals surface area contributed by atoms with Gasteiger partial charge in [0.25, 0.3) is 0 Å². The number of halogens is 2. The molecule has 0 spiro atoms. The average molecular weight is 315 g/mol. The molecule has 4 heteroatoms. The van der Waals surface area contributed by atoms with E-state index < -0.39 is 0 Å². The van der Waals surface area contributed by atoms with E-state index in [1.807, 2.05) is 12.1 Å². The first kappa shape index (κ1) is 15.9. The van der Waals surface area contributed by atoms with Crippen molar-refractivity contribution in [1.29, 1.82) is 0 Å². The van der Waals surface area contributed by atoms with Gasteiger partial charge in [-0.3, -0.25) is 0 Å². The SMILES string of the molecule is CCC1CNC(CC)(CC)CN1c1cccc(Cl)c1Cl. The number of nitrogens with one attached hydrogen (secondary N) is 1. The van der Waals surface area contributed by atoms with Crippen LogP contribution in [0.4, 0.5) is 5.69 Å². The molecule has 1 aliphatic heterocycles. The zero-order chi connectivity index (χ0) is 14.8. The van der Waals surface area contributed by atoms with E-state index in [1.54, 1.807) is 0 Å². The van der Waals surface area contributed by atoms with Crippen molar-refractivity contribution < 1.29 is 0 Å². The third-order valence-electron chi connectivity index (χ3n) is 4.69. The van der Waals surface area contributed by atoms with Crippen LogP contribution in [-0.2, 0) is 0 Å². The van der Waals surface area contributed by atoms with Gasteiger partial charge >= 0.3 is 0 Å². The summed E-state index contributed by atoms with van der Waals surface area (Å²) >= 11 is 12.6. The van der Waals surface area contributed by atoms with Crippen molar-refractivity contribution >= 4 is 28.9 Å². The Hall–Kier alpha value is -0.440. The smallest absolute Gasteiger partial charge is 0.0825 e. The number of piperazine rings is 1. The van der Waals surface area contributed by atoms with E-state index in [0.29, 0.717) is 16.1 Å². The van der Waals surface area contributed by atoms with Gasteiger partial charge in [0.1, 0.15) is 0 Å². The van der Waals surface area contributed by atoms with E-state index in [9.17, 15) is 0 Å². The quantitative estimate of drug-likeness (QED) is 0.863. The lowest BCUT2D eigenvalue weighted by molar-refractivity contribution is 0.246. The number of rotatable bonds is 4. The van der Waals surface area contributed by atoms with Crippen LogP contribution in [0.2, 0.25) is 10.0 Å².